The lowest BCUT2D eigenvalue weighted by molar-refractivity contribution is -0.139. The third-order valence-corrected chi connectivity index (χ3v) is 9.68. The smallest absolute Gasteiger partial charge is 0.226 e. The number of carbonyl (C=O) groups excluding carboxylic acids is 2. The van der Waals surface area contributed by atoms with Gasteiger partial charge in [0.2, 0.25) is 11.8 Å². The zero-order valence-electron chi connectivity index (χ0n) is 26.9. The normalized spacial score (nSPS) is 20.8. The molecule has 0 unspecified atom stereocenters. The topological polar surface area (TPSA) is 47.1 Å². The van der Waals surface area contributed by atoms with Crippen LogP contribution in [-0.4, -0.2) is 77.4 Å². The summed E-state index contributed by atoms with van der Waals surface area (Å²) in [4.78, 5) is 34.9. The summed E-state index contributed by atoms with van der Waals surface area (Å²) >= 11 is 6.61. The van der Waals surface area contributed by atoms with Gasteiger partial charge in [0.05, 0.1) is 6.04 Å². The molecule has 2 aliphatic heterocycles. The predicted octanol–water partition coefficient (Wildman–Crippen LogP) is 6.80. The fraction of sp³-hybridized carbons (Fsp3) is 0.588. The minimum Gasteiger partial charge on any atom is -0.368 e. The Balaban J connectivity index is 1.56. The van der Waals surface area contributed by atoms with Gasteiger partial charge in [-0.05, 0) is 90.3 Å². The number of nitrogens with zero attached hydrogens (tertiary/aromatic N) is 4. The van der Waals surface area contributed by atoms with Crippen molar-refractivity contribution in [3.05, 3.63) is 63.7 Å². The molecule has 0 radical (unpaired) electrons. The largest absolute Gasteiger partial charge is 0.368 e. The molecule has 2 saturated heterocycles. The van der Waals surface area contributed by atoms with E-state index in [1.54, 1.807) is 6.92 Å². The molecule has 4 rings (SSSR count). The molecule has 2 heterocycles. The fourth-order valence-corrected chi connectivity index (χ4v) is 7.07. The number of carbonyl (C=O) groups is 2. The molecule has 2 aromatic carbocycles. The zero-order chi connectivity index (χ0) is 31.8. The molecule has 0 N–H and O–H groups in total. The second-order valence-corrected chi connectivity index (χ2v) is 13.9. The number of benzene rings is 2. The maximum Gasteiger partial charge on any atom is 0.226 e. The van der Waals surface area contributed by atoms with E-state index in [2.05, 4.69) is 36.6 Å². The maximum atomic E-state index is 15.1. The van der Waals surface area contributed by atoms with Crippen LogP contribution in [-0.2, 0) is 9.59 Å². The van der Waals surface area contributed by atoms with Gasteiger partial charge >= 0.3 is 0 Å². The van der Waals surface area contributed by atoms with Gasteiger partial charge in [0.25, 0.3) is 0 Å². The van der Waals surface area contributed by atoms with Gasteiger partial charge in [-0.1, -0.05) is 23.7 Å². The Morgan fingerprint density at radius 2 is 1.65 bits per heavy atom. The summed E-state index contributed by atoms with van der Waals surface area (Å²) in [6.45, 7) is 19.6. The summed E-state index contributed by atoms with van der Waals surface area (Å²) < 4.78 is 28.9. The number of rotatable bonds is 6. The van der Waals surface area contributed by atoms with E-state index in [-0.39, 0.29) is 41.3 Å². The number of piperazine rings is 1. The molecule has 9 heteroatoms. The van der Waals surface area contributed by atoms with Crippen LogP contribution in [0.5, 0.6) is 0 Å². The van der Waals surface area contributed by atoms with E-state index in [1.807, 2.05) is 43.6 Å². The van der Waals surface area contributed by atoms with Gasteiger partial charge in [-0.3, -0.25) is 14.5 Å². The lowest BCUT2D eigenvalue weighted by Gasteiger charge is -2.46. The first kappa shape index (κ1) is 33.2. The molecular weight excluding hydrogens is 570 g/mol. The molecule has 2 aliphatic rings. The van der Waals surface area contributed by atoms with Crippen molar-refractivity contribution in [3.63, 3.8) is 0 Å². The standard InChI is InChI=1S/C34H47ClF2N4O2/c1-21(2)41(24(5)42)23(4)28-17-22(3)30(35)19-32(28)38-13-15-39(16-14-38)33(43)27-11-12-40(34(6,7)8)20-29(27)26-10-9-25(36)18-31(26)37/h9-10,17-19,21,23,27,29H,11-16,20H2,1-8H3/t23-,27-,29+/m1/s1. The summed E-state index contributed by atoms with van der Waals surface area (Å²) in [6, 6.07) is 7.65. The average molecular weight is 617 g/mol. The molecule has 2 fully saturated rings. The molecule has 2 aromatic rings. The minimum atomic E-state index is -0.617. The number of anilines is 1. The molecule has 0 aromatic heterocycles. The van der Waals surface area contributed by atoms with Gasteiger partial charge in [0.15, 0.2) is 0 Å². The van der Waals surface area contributed by atoms with Crippen molar-refractivity contribution < 1.29 is 18.4 Å². The van der Waals surface area contributed by atoms with E-state index >= 15 is 4.39 Å². The first-order valence-corrected chi connectivity index (χ1v) is 15.8. The maximum absolute atomic E-state index is 15.1. The van der Waals surface area contributed by atoms with Crippen LogP contribution in [0.2, 0.25) is 5.02 Å². The number of piperidine rings is 1. The van der Waals surface area contributed by atoms with E-state index in [9.17, 15) is 14.0 Å². The van der Waals surface area contributed by atoms with Crippen molar-refractivity contribution in [2.24, 2.45) is 5.92 Å². The van der Waals surface area contributed by atoms with Crippen molar-refractivity contribution >= 4 is 29.1 Å². The van der Waals surface area contributed by atoms with Crippen LogP contribution in [0.25, 0.3) is 0 Å². The molecular formula is C34H47ClF2N4O2. The van der Waals surface area contributed by atoms with Crippen molar-refractivity contribution in [2.75, 3.05) is 44.2 Å². The Hall–Kier alpha value is -2.71. The molecule has 3 atom stereocenters. The van der Waals surface area contributed by atoms with Crippen LogP contribution >= 0.6 is 11.6 Å². The molecule has 0 saturated carbocycles. The lowest BCUT2D eigenvalue weighted by atomic mass is 9.78. The van der Waals surface area contributed by atoms with E-state index in [4.69, 9.17) is 11.6 Å². The number of aryl methyl sites for hydroxylation is 1. The van der Waals surface area contributed by atoms with Crippen LogP contribution in [0.3, 0.4) is 0 Å². The van der Waals surface area contributed by atoms with E-state index in [0.29, 0.717) is 49.7 Å². The fourth-order valence-electron chi connectivity index (χ4n) is 6.91. The van der Waals surface area contributed by atoms with Crippen LogP contribution in [0.4, 0.5) is 14.5 Å². The predicted molar refractivity (Wildman–Crippen MR) is 170 cm³/mol. The van der Waals surface area contributed by atoms with E-state index in [0.717, 1.165) is 29.4 Å². The van der Waals surface area contributed by atoms with E-state index < -0.39 is 11.6 Å². The molecule has 0 aliphatic carbocycles. The Bertz CT molecular complexity index is 1340. The summed E-state index contributed by atoms with van der Waals surface area (Å²) in [5, 5.41) is 0.665. The van der Waals surface area contributed by atoms with Crippen LogP contribution in [0.1, 0.15) is 83.5 Å². The molecule has 2 amide bonds. The van der Waals surface area contributed by atoms with Crippen LogP contribution < -0.4 is 4.90 Å². The lowest BCUT2D eigenvalue weighted by Crippen LogP contribution is -2.55. The second kappa shape index (κ2) is 13.1. The van der Waals surface area contributed by atoms with Crippen LogP contribution in [0.15, 0.2) is 30.3 Å². The summed E-state index contributed by atoms with van der Waals surface area (Å²) in [5.74, 6) is -1.92. The highest BCUT2D eigenvalue weighted by atomic mass is 35.5. The van der Waals surface area contributed by atoms with Gasteiger partial charge in [-0.2, -0.15) is 0 Å². The Kier molecular flexibility index (Phi) is 10.1. The van der Waals surface area contributed by atoms with E-state index in [1.165, 1.54) is 12.1 Å². The third-order valence-electron chi connectivity index (χ3n) is 9.27. The molecule has 0 spiro atoms. The van der Waals surface area contributed by atoms with Crippen molar-refractivity contribution in [2.45, 2.75) is 85.4 Å². The number of halogens is 3. The van der Waals surface area contributed by atoms with Crippen molar-refractivity contribution in [1.82, 2.24) is 14.7 Å². The highest BCUT2D eigenvalue weighted by Gasteiger charge is 2.41. The number of likely N-dealkylation sites (tertiary alicyclic amines) is 1. The Morgan fingerprint density at radius 3 is 2.21 bits per heavy atom. The van der Waals surface area contributed by atoms with Crippen molar-refractivity contribution in [1.29, 1.82) is 0 Å². The zero-order valence-corrected chi connectivity index (χ0v) is 27.6. The average Bonchev–Trinajstić information content (AvgIpc) is 2.93. The molecule has 236 valence electrons. The Labute approximate surface area is 261 Å². The minimum absolute atomic E-state index is 0.0149. The first-order chi connectivity index (χ1) is 20.1. The highest BCUT2D eigenvalue weighted by Crippen LogP contribution is 2.39. The monoisotopic (exact) mass is 616 g/mol. The second-order valence-electron chi connectivity index (χ2n) is 13.5. The number of hydrogen-bond donors (Lipinski definition) is 0. The third kappa shape index (κ3) is 7.17. The molecule has 0 bridgehead atoms. The summed E-state index contributed by atoms with van der Waals surface area (Å²) in [7, 11) is 0. The van der Waals surface area contributed by atoms with Gasteiger partial charge < -0.3 is 14.7 Å². The summed E-state index contributed by atoms with van der Waals surface area (Å²) in [5.41, 5.74) is 3.24. The van der Waals surface area contributed by atoms with Gasteiger partial charge in [0.1, 0.15) is 11.6 Å². The SMILES string of the molecule is CC(=O)N(C(C)C)[C@H](C)c1cc(C)c(Cl)cc1N1CCN(C(=O)[C@@H]2CCN(C(C)(C)C)C[C@H]2c2ccc(F)cc2F)CC1. The van der Waals surface area contributed by atoms with Crippen LogP contribution in [0, 0.1) is 24.5 Å². The van der Waals surface area contributed by atoms with Gasteiger partial charge in [-0.25, -0.2) is 8.78 Å². The highest BCUT2D eigenvalue weighted by molar-refractivity contribution is 6.31. The van der Waals surface area contributed by atoms with Gasteiger partial charge in [-0.15, -0.1) is 0 Å². The molecule has 6 nitrogen and oxygen atoms in total. The Morgan fingerprint density at radius 1 is 1.00 bits per heavy atom. The summed E-state index contributed by atoms with van der Waals surface area (Å²) in [6.07, 6.45) is 0.614. The quantitative estimate of drug-likeness (QED) is 0.358. The first-order valence-electron chi connectivity index (χ1n) is 15.4. The van der Waals surface area contributed by atoms with Crippen molar-refractivity contribution in [3.8, 4) is 0 Å². The molecule has 43 heavy (non-hydrogen) atoms. The number of amides is 2. The van der Waals surface area contributed by atoms with Gasteiger partial charge in [0, 0.05) is 79.8 Å². The number of hydrogen-bond acceptors (Lipinski definition) is 4.